The molecule has 6 nitrogen and oxygen atoms in total. The van der Waals surface area contributed by atoms with E-state index in [1.54, 1.807) is 12.3 Å². The van der Waals surface area contributed by atoms with Crippen LogP contribution in [-0.2, 0) is 11.2 Å². The first-order valence-corrected chi connectivity index (χ1v) is 11.6. The molecule has 1 aromatic carbocycles. The number of ether oxygens (including phenoxy) is 1. The fraction of sp³-hybridized carbons (Fsp3) is 0.520. The minimum Gasteiger partial charge on any atom is -0.378 e. The van der Waals surface area contributed by atoms with Crippen LogP contribution in [0.15, 0.2) is 48.7 Å². The van der Waals surface area contributed by atoms with Crippen molar-refractivity contribution in [3.8, 4) is 0 Å². The molecular weight excluding hydrogens is 388 g/mol. The van der Waals surface area contributed by atoms with E-state index in [-0.39, 0.29) is 5.91 Å². The minimum atomic E-state index is -0.0188. The Labute approximate surface area is 185 Å². The third-order valence-corrected chi connectivity index (χ3v) is 6.45. The molecule has 1 aromatic heterocycles. The predicted octanol–water partition coefficient (Wildman–Crippen LogP) is 2.99. The van der Waals surface area contributed by atoms with Gasteiger partial charge in [-0.15, -0.1) is 0 Å². The van der Waals surface area contributed by atoms with Crippen LogP contribution in [0, 0.1) is 5.92 Å². The predicted molar refractivity (Wildman–Crippen MR) is 124 cm³/mol. The number of likely N-dealkylation sites (tertiary alicyclic amines) is 1. The maximum atomic E-state index is 12.6. The van der Waals surface area contributed by atoms with Crippen molar-refractivity contribution in [2.24, 2.45) is 5.92 Å². The van der Waals surface area contributed by atoms with Gasteiger partial charge in [-0.1, -0.05) is 30.3 Å². The lowest BCUT2D eigenvalue weighted by Crippen LogP contribution is -2.40. The zero-order valence-electron chi connectivity index (χ0n) is 18.3. The fourth-order valence-electron chi connectivity index (χ4n) is 4.47. The molecule has 1 amide bonds. The summed E-state index contributed by atoms with van der Waals surface area (Å²) in [6.45, 7) is 6.92. The SMILES string of the molecule is O=C(NCCN1CCC(CCc2ccccc2)CC1)c1ccnc(N2CCOCC2)c1. The summed E-state index contributed by atoms with van der Waals surface area (Å²) in [7, 11) is 0. The molecule has 0 saturated carbocycles. The van der Waals surface area contributed by atoms with Crippen molar-refractivity contribution in [2.45, 2.75) is 25.7 Å². The van der Waals surface area contributed by atoms with Gasteiger partial charge < -0.3 is 19.9 Å². The van der Waals surface area contributed by atoms with Crippen molar-refractivity contribution in [3.63, 3.8) is 0 Å². The summed E-state index contributed by atoms with van der Waals surface area (Å²) >= 11 is 0. The smallest absolute Gasteiger partial charge is 0.251 e. The highest BCUT2D eigenvalue weighted by molar-refractivity contribution is 5.94. The van der Waals surface area contributed by atoms with Crippen LogP contribution in [0.3, 0.4) is 0 Å². The number of morpholine rings is 1. The van der Waals surface area contributed by atoms with E-state index >= 15 is 0 Å². The second-order valence-corrected chi connectivity index (χ2v) is 8.57. The second kappa shape index (κ2) is 11.3. The van der Waals surface area contributed by atoms with E-state index in [0.717, 1.165) is 44.5 Å². The summed E-state index contributed by atoms with van der Waals surface area (Å²) in [5.74, 6) is 1.66. The average Bonchev–Trinajstić information content (AvgIpc) is 2.85. The van der Waals surface area contributed by atoms with Gasteiger partial charge in [0.2, 0.25) is 0 Å². The lowest BCUT2D eigenvalue weighted by Gasteiger charge is -2.32. The molecule has 0 spiro atoms. The van der Waals surface area contributed by atoms with Gasteiger partial charge in [-0.2, -0.15) is 0 Å². The molecule has 0 atom stereocenters. The highest BCUT2D eigenvalue weighted by Crippen LogP contribution is 2.22. The van der Waals surface area contributed by atoms with E-state index in [1.165, 1.54) is 31.2 Å². The standard InChI is InChI=1S/C25H34N4O2/c30-25(23-8-11-26-24(20-23)29-16-18-31-19-17-29)27-12-15-28-13-9-22(10-14-28)7-6-21-4-2-1-3-5-21/h1-5,8,11,20,22H,6-7,9-10,12-19H2,(H,27,30). The Balaban J connectivity index is 1.15. The van der Waals surface area contributed by atoms with Crippen LogP contribution in [-0.4, -0.2) is 68.3 Å². The number of carbonyl (C=O) groups excluding carboxylic acids is 1. The molecule has 2 saturated heterocycles. The molecule has 1 N–H and O–H groups in total. The van der Waals surface area contributed by atoms with Crippen molar-refractivity contribution < 1.29 is 9.53 Å². The third-order valence-electron chi connectivity index (χ3n) is 6.45. The summed E-state index contributed by atoms with van der Waals surface area (Å²) in [6, 6.07) is 14.5. The lowest BCUT2D eigenvalue weighted by atomic mass is 9.90. The number of hydrogen-bond donors (Lipinski definition) is 1. The maximum Gasteiger partial charge on any atom is 0.251 e. The van der Waals surface area contributed by atoms with Crippen LogP contribution in [0.4, 0.5) is 5.82 Å². The number of anilines is 1. The minimum absolute atomic E-state index is 0.0188. The Hall–Kier alpha value is -2.44. The number of rotatable bonds is 8. The molecular formula is C25H34N4O2. The second-order valence-electron chi connectivity index (χ2n) is 8.57. The molecule has 166 valence electrons. The third kappa shape index (κ3) is 6.52. The first kappa shape index (κ1) is 21.8. The van der Waals surface area contributed by atoms with Crippen LogP contribution in [0.25, 0.3) is 0 Å². The summed E-state index contributed by atoms with van der Waals surface area (Å²) in [5.41, 5.74) is 2.12. The number of hydrogen-bond acceptors (Lipinski definition) is 5. The zero-order chi connectivity index (χ0) is 21.3. The van der Waals surface area contributed by atoms with Crippen LogP contribution in [0.1, 0.15) is 35.2 Å². The first-order valence-electron chi connectivity index (χ1n) is 11.6. The number of piperidine rings is 1. The van der Waals surface area contributed by atoms with Crippen LogP contribution in [0.2, 0.25) is 0 Å². The van der Waals surface area contributed by atoms with Gasteiger partial charge in [-0.25, -0.2) is 4.98 Å². The van der Waals surface area contributed by atoms with Crippen LogP contribution < -0.4 is 10.2 Å². The highest BCUT2D eigenvalue weighted by Gasteiger charge is 2.19. The molecule has 2 aliphatic rings. The van der Waals surface area contributed by atoms with Crippen molar-refractivity contribution in [1.82, 2.24) is 15.2 Å². The monoisotopic (exact) mass is 422 g/mol. The number of nitrogens with one attached hydrogen (secondary N) is 1. The largest absolute Gasteiger partial charge is 0.378 e. The van der Waals surface area contributed by atoms with E-state index < -0.39 is 0 Å². The summed E-state index contributed by atoms with van der Waals surface area (Å²) < 4.78 is 5.40. The molecule has 2 aliphatic heterocycles. The van der Waals surface area contributed by atoms with Crippen LogP contribution >= 0.6 is 0 Å². The molecule has 2 aromatic rings. The Morgan fingerprint density at radius 2 is 1.84 bits per heavy atom. The van der Waals surface area contributed by atoms with Crippen molar-refractivity contribution in [2.75, 3.05) is 57.4 Å². The van der Waals surface area contributed by atoms with E-state index in [2.05, 4.69) is 50.4 Å². The Bertz CT molecular complexity index is 815. The number of amides is 1. The van der Waals surface area contributed by atoms with E-state index in [1.807, 2.05) is 6.07 Å². The van der Waals surface area contributed by atoms with Crippen molar-refractivity contribution >= 4 is 11.7 Å². The molecule has 0 unspecified atom stereocenters. The van der Waals surface area contributed by atoms with Crippen molar-refractivity contribution in [1.29, 1.82) is 0 Å². The topological polar surface area (TPSA) is 57.7 Å². The van der Waals surface area contributed by atoms with E-state index in [9.17, 15) is 4.79 Å². The normalized spacial score (nSPS) is 18.1. The Morgan fingerprint density at radius 1 is 1.06 bits per heavy atom. The molecule has 0 radical (unpaired) electrons. The van der Waals surface area contributed by atoms with Gasteiger partial charge >= 0.3 is 0 Å². The molecule has 2 fully saturated rings. The first-order chi connectivity index (χ1) is 15.3. The number of aromatic nitrogens is 1. The highest BCUT2D eigenvalue weighted by atomic mass is 16.5. The quantitative estimate of drug-likeness (QED) is 0.709. The summed E-state index contributed by atoms with van der Waals surface area (Å²) in [4.78, 5) is 21.7. The van der Waals surface area contributed by atoms with Gasteiger partial charge in [0.05, 0.1) is 13.2 Å². The van der Waals surface area contributed by atoms with Crippen molar-refractivity contribution in [3.05, 3.63) is 59.8 Å². The number of carbonyl (C=O) groups is 1. The van der Waals surface area contributed by atoms with Gasteiger partial charge in [-0.3, -0.25) is 4.79 Å². The van der Waals surface area contributed by atoms with E-state index in [0.29, 0.717) is 25.3 Å². The van der Waals surface area contributed by atoms with Gasteiger partial charge in [0.1, 0.15) is 5.82 Å². The molecule has 3 heterocycles. The maximum absolute atomic E-state index is 12.6. The molecule has 6 heteroatoms. The Morgan fingerprint density at radius 3 is 2.61 bits per heavy atom. The van der Waals surface area contributed by atoms with Gasteiger partial charge in [0, 0.05) is 37.9 Å². The average molecular weight is 423 g/mol. The lowest BCUT2D eigenvalue weighted by molar-refractivity contribution is 0.0943. The number of pyridine rings is 1. The van der Waals surface area contributed by atoms with Crippen LogP contribution in [0.5, 0.6) is 0 Å². The molecule has 0 bridgehead atoms. The van der Waals surface area contributed by atoms with E-state index in [4.69, 9.17) is 4.74 Å². The molecule has 31 heavy (non-hydrogen) atoms. The van der Waals surface area contributed by atoms with Gasteiger partial charge in [0.15, 0.2) is 0 Å². The molecule has 4 rings (SSSR count). The fourth-order valence-corrected chi connectivity index (χ4v) is 4.47. The summed E-state index contributed by atoms with van der Waals surface area (Å²) in [5, 5.41) is 3.08. The van der Waals surface area contributed by atoms with Gasteiger partial charge in [-0.05, 0) is 62.4 Å². The summed E-state index contributed by atoms with van der Waals surface area (Å²) in [6.07, 6.45) is 6.70. The van der Waals surface area contributed by atoms with Gasteiger partial charge in [0.25, 0.3) is 5.91 Å². The zero-order valence-corrected chi connectivity index (χ0v) is 18.3. The number of benzene rings is 1. The number of aryl methyl sites for hydroxylation is 1. The number of nitrogens with zero attached hydrogens (tertiary/aromatic N) is 3. The molecule has 0 aliphatic carbocycles. The Kier molecular flexibility index (Phi) is 7.91.